The molecule has 0 bridgehead atoms. The van der Waals surface area contributed by atoms with Crippen LogP contribution < -0.4 is 10.6 Å². The number of aromatic nitrogens is 2. The number of hydrogen-bond acceptors (Lipinski definition) is 5. The normalized spacial score (nSPS) is 10.3. The number of amides is 2. The number of H-pyrrole nitrogens is 1. The lowest BCUT2D eigenvalue weighted by Gasteiger charge is -2.23. The van der Waals surface area contributed by atoms with E-state index in [4.69, 9.17) is 5.11 Å². The molecule has 0 aliphatic rings. The van der Waals surface area contributed by atoms with E-state index in [-0.39, 0.29) is 11.2 Å². The average molecular weight is 360 g/mol. The SMILES string of the molecule is CCc1cc(-c2cncc(N(OC(=O)O)C(=O)N(C)C)c2)c(C)[nH]c1=O. The van der Waals surface area contributed by atoms with Crippen molar-refractivity contribution in [3.05, 3.63) is 46.1 Å². The minimum atomic E-state index is -1.63. The van der Waals surface area contributed by atoms with Crippen molar-refractivity contribution >= 4 is 17.9 Å². The Morgan fingerprint density at radius 3 is 2.54 bits per heavy atom. The molecule has 0 fully saturated rings. The van der Waals surface area contributed by atoms with Gasteiger partial charge in [-0.3, -0.25) is 14.6 Å². The number of aromatic amines is 1. The van der Waals surface area contributed by atoms with E-state index >= 15 is 0 Å². The zero-order chi connectivity index (χ0) is 19.4. The van der Waals surface area contributed by atoms with Crippen LogP contribution >= 0.6 is 0 Å². The molecule has 0 saturated heterocycles. The first kappa shape index (κ1) is 19.0. The van der Waals surface area contributed by atoms with Gasteiger partial charge in [0.1, 0.15) is 5.69 Å². The first-order chi connectivity index (χ1) is 12.2. The number of carboxylic acid groups (broad SMARTS) is 1. The number of pyridine rings is 2. The van der Waals surface area contributed by atoms with E-state index in [0.29, 0.717) is 28.3 Å². The Bertz CT molecular complexity index is 891. The fourth-order valence-electron chi connectivity index (χ4n) is 2.38. The first-order valence-corrected chi connectivity index (χ1v) is 7.85. The summed E-state index contributed by atoms with van der Waals surface area (Å²) in [5.74, 6) is 0. The molecule has 2 rings (SSSR count). The van der Waals surface area contributed by atoms with E-state index in [1.807, 2.05) is 6.92 Å². The average Bonchev–Trinajstić information content (AvgIpc) is 2.59. The van der Waals surface area contributed by atoms with Gasteiger partial charge in [0.25, 0.3) is 5.56 Å². The van der Waals surface area contributed by atoms with Crippen LogP contribution in [0.1, 0.15) is 18.2 Å². The summed E-state index contributed by atoms with van der Waals surface area (Å²) in [5, 5.41) is 9.55. The molecule has 9 heteroatoms. The Kier molecular flexibility index (Phi) is 5.61. The molecular formula is C17H20N4O5. The first-order valence-electron chi connectivity index (χ1n) is 7.85. The Hall–Kier alpha value is -3.36. The zero-order valence-electron chi connectivity index (χ0n) is 14.9. The molecule has 2 aromatic heterocycles. The highest BCUT2D eigenvalue weighted by Crippen LogP contribution is 2.26. The van der Waals surface area contributed by atoms with Gasteiger partial charge in [0.2, 0.25) is 0 Å². The lowest BCUT2D eigenvalue weighted by Crippen LogP contribution is -2.40. The number of anilines is 1. The van der Waals surface area contributed by atoms with Gasteiger partial charge in [-0.2, -0.15) is 0 Å². The van der Waals surface area contributed by atoms with Crippen LogP contribution in [0.5, 0.6) is 0 Å². The van der Waals surface area contributed by atoms with Crippen molar-refractivity contribution in [2.75, 3.05) is 19.2 Å². The van der Waals surface area contributed by atoms with Crippen molar-refractivity contribution in [1.29, 1.82) is 0 Å². The van der Waals surface area contributed by atoms with E-state index in [1.165, 1.54) is 25.2 Å². The molecule has 2 N–H and O–H groups in total. The third kappa shape index (κ3) is 4.00. The number of carbonyl (C=O) groups is 2. The van der Waals surface area contributed by atoms with Crippen molar-refractivity contribution in [1.82, 2.24) is 14.9 Å². The van der Waals surface area contributed by atoms with E-state index in [1.54, 1.807) is 25.3 Å². The second-order valence-electron chi connectivity index (χ2n) is 5.78. The predicted molar refractivity (Wildman–Crippen MR) is 95.1 cm³/mol. The molecule has 138 valence electrons. The summed E-state index contributed by atoms with van der Waals surface area (Å²) < 4.78 is 0. The van der Waals surface area contributed by atoms with Crippen LogP contribution in [0.3, 0.4) is 0 Å². The van der Waals surface area contributed by atoms with Crippen LogP contribution in [0.25, 0.3) is 11.1 Å². The predicted octanol–water partition coefficient (Wildman–Crippen LogP) is 2.41. The second-order valence-corrected chi connectivity index (χ2v) is 5.78. The molecule has 0 saturated carbocycles. The number of urea groups is 1. The standard InChI is InChI=1S/C17H20N4O5/c1-5-11-7-14(10(2)19-15(11)22)12-6-13(9-18-8-12)21(26-17(24)25)16(23)20(3)4/h6-9H,5H2,1-4H3,(H,19,22)(H,24,25). The van der Waals surface area contributed by atoms with E-state index < -0.39 is 12.2 Å². The Labute approximate surface area is 149 Å². The second kappa shape index (κ2) is 7.68. The summed E-state index contributed by atoms with van der Waals surface area (Å²) >= 11 is 0. The largest absolute Gasteiger partial charge is 0.531 e. The van der Waals surface area contributed by atoms with E-state index in [9.17, 15) is 14.4 Å². The smallest absolute Gasteiger partial charge is 0.448 e. The number of rotatable bonds is 3. The van der Waals surface area contributed by atoms with Crippen molar-refractivity contribution in [3.8, 4) is 11.1 Å². The van der Waals surface area contributed by atoms with E-state index in [0.717, 1.165) is 5.56 Å². The molecular weight excluding hydrogens is 340 g/mol. The molecule has 2 aromatic rings. The Balaban J connectivity index is 2.54. The van der Waals surface area contributed by atoms with E-state index in [2.05, 4.69) is 14.8 Å². The third-order valence-electron chi connectivity index (χ3n) is 3.69. The van der Waals surface area contributed by atoms with Gasteiger partial charge in [0.15, 0.2) is 0 Å². The lowest BCUT2D eigenvalue weighted by atomic mass is 10.0. The molecule has 26 heavy (non-hydrogen) atoms. The van der Waals surface area contributed by atoms with Gasteiger partial charge < -0.3 is 15.0 Å². The minimum Gasteiger partial charge on any atom is -0.448 e. The number of carbonyl (C=O) groups excluding carboxylic acids is 1. The van der Waals surface area contributed by atoms with Crippen molar-refractivity contribution in [3.63, 3.8) is 0 Å². The topological polar surface area (TPSA) is 116 Å². The lowest BCUT2D eigenvalue weighted by molar-refractivity contribution is 0.0815. The van der Waals surface area contributed by atoms with Crippen molar-refractivity contribution < 1.29 is 19.5 Å². The van der Waals surface area contributed by atoms with Crippen LogP contribution in [-0.2, 0) is 11.3 Å². The molecule has 0 aliphatic heterocycles. The minimum absolute atomic E-state index is 0.146. The molecule has 0 unspecified atom stereocenters. The summed E-state index contributed by atoms with van der Waals surface area (Å²) in [4.78, 5) is 47.7. The molecule has 0 radical (unpaired) electrons. The van der Waals surface area contributed by atoms with Crippen molar-refractivity contribution in [2.45, 2.75) is 20.3 Å². The van der Waals surface area contributed by atoms with Crippen LogP contribution in [0.4, 0.5) is 15.3 Å². The number of aryl methyl sites for hydroxylation is 2. The fourth-order valence-corrected chi connectivity index (χ4v) is 2.38. The molecule has 0 atom stereocenters. The summed E-state index contributed by atoms with van der Waals surface area (Å²) in [7, 11) is 2.94. The monoisotopic (exact) mass is 360 g/mol. The van der Waals surface area contributed by atoms with Crippen LogP contribution in [-0.4, -0.2) is 46.3 Å². The van der Waals surface area contributed by atoms with Gasteiger partial charge in [0.05, 0.1) is 6.20 Å². The maximum atomic E-state index is 12.2. The number of nitrogens with zero attached hydrogens (tertiary/aromatic N) is 3. The third-order valence-corrected chi connectivity index (χ3v) is 3.69. The van der Waals surface area contributed by atoms with Gasteiger partial charge in [-0.15, -0.1) is 5.06 Å². The highest BCUT2D eigenvalue weighted by atomic mass is 16.8. The molecule has 0 spiro atoms. The summed E-state index contributed by atoms with van der Waals surface area (Å²) in [5.41, 5.74) is 2.57. The maximum absolute atomic E-state index is 12.2. The fraction of sp³-hybridized carbons (Fsp3) is 0.294. The molecule has 2 amide bonds. The molecule has 9 nitrogen and oxygen atoms in total. The number of nitrogens with one attached hydrogen (secondary N) is 1. The van der Waals surface area contributed by atoms with Gasteiger partial charge in [-0.05, 0) is 25.5 Å². The van der Waals surface area contributed by atoms with Crippen LogP contribution in [0.2, 0.25) is 0 Å². The Morgan fingerprint density at radius 1 is 1.27 bits per heavy atom. The summed E-state index contributed by atoms with van der Waals surface area (Å²) in [6.45, 7) is 3.62. The maximum Gasteiger partial charge on any atom is 0.531 e. The molecule has 0 aliphatic carbocycles. The quantitative estimate of drug-likeness (QED) is 0.812. The van der Waals surface area contributed by atoms with Crippen LogP contribution in [0, 0.1) is 6.92 Å². The summed E-state index contributed by atoms with van der Waals surface area (Å²) in [6, 6.07) is 2.64. The number of hydrogen-bond donors (Lipinski definition) is 2. The van der Waals surface area contributed by atoms with Crippen LogP contribution in [0.15, 0.2) is 29.3 Å². The molecule has 0 aromatic carbocycles. The highest BCUT2D eigenvalue weighted by molar-refractivity contribution is 5.91. The van der Waals surface area contributed by atoms with Gasteiger partial charge >= 0.3 is 12.2 Å². The summed E-state index contributed by atoms with van der Waals surface area (Å²) in [6.07, 6.45) is 1.81. The van der Waals surface area contributed by atoms with Gasteiger partial charge in [0, 0.05) is 42.7 Å². The van der Waals surface area contributed by atoms with Gasteiger partial charge in [-0.25, -0.2) is 9.59 Å². The van der Waals surface area contributed by atoms with Crippen molar-refractivity contribution in [2.24, 2.45) is 0 Å². The zero-order valence-corrected chi connectivity index (χ0v) is 14.9. The number of hydroxylamine groups is 1. The highest BCUT2D eigenvalue weighted by Gasteiger charge is 2.23. The van der Waals surface area contributed by atoms with Gasteiger partial charge in [-0.1, -0.05) is 6.92 Å². The Morgan fingerprint density at radius 2 is 1.96 bits per heavy atom. The molecule has 2 heterocycles.